The monoisotopic (exact) mass is 478 g/mol. The molecule has 0 fully saturated rings. The fourth-order valence-electron chi connectivity index (χ4n) is 3.14. The molecule has 1 aliphatic rings. The van der Waals surface area contributed by atoms with Crippen LogP contribution in [0.4, 0.5) is 13.9 Å². The highest BCUT2D eigenvalue weighted by Crippen LogP contribution is 2.33. The average Bonchev–Trinajstić information content (AvgIpc) is 3.30. The van der Waals surface area contributed by atoms with Crippen molar-refractivity contribution < 1.29 is 26.7 Å². The van der Waals surface area contributed by atoms with Crippen LogP contribution in [0.25, 0.3) is 11.3 Å². The Bertz CT molecular complexity index is 1310. The number of hydrogen-bond donors (Lipinski definition) is 1. The molecular formula is C20H16F2N4O4S2. The van der Waals surface area contributed by atoms with Gasteiger partial charge in [0.2, 0.25) is 5.91 Å². The van der Waals surface area contributed by atoms with Gasteiger partial charge in [0.15, 0.2) is 11.0 Å². The van der Waals surface area contributed by atoms with Crippen LogP contribution in [0, 0.1) is 0 Å². The third-order valence-corrected chi connectivity index (χ3v) is 6.57. The summed E-state index contributed by atoms with van der Waals surface area (Å²) in [5.41, 5.74) is 1.16. The van der Waals surface area contributed by atoms with Crippen LogP contribution in [0.15, 0.2) is 63.2 Å². The second-order valence-electron chi connectivity index (χ2n) is 6.70. The van der Waals surface area contributed by atoms with Crippen molar-refractivity contribution in [1.82, 2.24) is 9.88 Å². The molecule has 0 saturated carbocycles. The Kier molecular flexibility index (Phi) is 5.89. The molecule has 0 radical (unpaired) electrons. The lowest BCUT2D eigenvalue weighted by atomic mass is 10.1. The minimum absolute atomic E-state index is 0.0236. The molecule has 1 amide bonds. The van der Waals surface area contributed by atoms with Gasteiger partial charge < -0.3 is 15.0 Å². The number of nitrogens with one attached hydrogen (secondary N) is 1. The Hall–Kier alpha value is -3.38. The second-order valence-corrected chi connectivity index (χ2v) is 9.13. The van der Waals surface area contributed by atoms with E-state index in [0.717, 1.165) is 11.3 Å². The number of thiazole rings is 1. The molecule has 32 heavy (non-hydrogen) atoms. The Morgan fingerprint density at radius 1 is 1.16 bits per heavy atom. The zero-order valence-corrected chi connectivity index (χ0v) is 18.2. The van der Waals surface area contributed by atoms with E-state index in [4.69, 9.17) is 0 Å². The summed E-state index contributed by atoms with van der Waals surface area (Å²) in [6, 6.07) is 12.6. The predicted octanol–water partition coefficient (Wildman–Crippen LogP) is 3.43. The maximum absolute atomic E-state index is 12.6. The Balaban J connectivity index is 1.46. The van der Waals surface area contributed by atoms with Crippen LogP contribution in [-0.2, 0) is 14.8 Å². The summed E-state index contributed by atoms with van der Waals surface area (Å²) in [4.78, 5) is 18.3. The van der Waals surface area contributed by atoms with E-state index in [1.54, 1.807) is 48.8 Å². The topological polar surface area (TPSA) is 101 Å². The number of fused-ring (bicyclic) bond motifs is 1. The number of likely N-dealkylation sites (N-methyl/N-ethyl adjacent to an activating group) is 1. The quantitative estimate of drug-likeness (QED) is 0.583. The molecule has 166 valence electrons. The number of amidine groups is 1. The summed E-state index contributed by atoms with van der Waals surface area (Å²) < 4.78 is 58.0. The lowest BCUT2D eigenvalue weighted by Gasteiger charge is -2.17. The van der Waals surface area contributed by atoms with E-state index >= 15 is 0 Å². The van der Waals surface area contributed by atoms with Crippen molar-refractivity contribution in [3.05, 3.63) is 59.5 Å². The fourth-order valence-corrected chi connectivity index (χ4v) is 5.12. The summed E-state index contributed by atoms with van der Waals surface area (Å²) >= 11 is 1.12. The highest BCUT2D eigenvalue weighted by atomic mass is 32.2. The number of halogens is 2. The highest BCUT2D eigenvalue weighted by Gasteiger charge is 2.31. The van der Waals surface area contributed by atoms with Gasteiger partial charge in [0.05, 0.1) is 12.2 Å². The number of carbonyl (C=O) groups is 1. The first-order chi connectivity index (χ1) is 15.2. The minimum Gasteiger partial charge on any atom is -0.434 e. The molecule has 2 heterocycles. The second kappa shape index (κ2) is 8.63. The number of benzene rings is 2. The predicted molar refractivity (Wildman–Crippen MR) is 116 cm³/mol. The van der Waals surface area contributed by atoms with Crippen LogP contribution in [-0.4, -0.2) is 50.2 Å². The number of anilines is 1. The molecule has 1 aliphatic heterocycles. The van der Waals surface area contributed by atoms with Crippen molar-refractivity contribution in [3.63, 3.8) is 0 Å². The molecule has 0 atom stereocenters. The van der Waals surface area contributed by atoms with Gasteiger partial charge in [0.25, 0.3) is 10.0 Å². The maximum atomic E-state index is 12.6. The molecule has 2 aromatic carbocycles. The van der Waals surface area contributed by atoms with Gasteiger partial charge in [0.1, 0.15) is 10.6 Å². The van der Waals surface area contributed by atoms with E-state index in [1.165, 1.54) is 17.0 Å². The van der Waals surface area contributed by atoms with E-state index in [-0.39, 0.29) is 28.2 Å². The van der Waals surface area contributed by atoms with Crippen LogP contribution in [0.3, 0.4) is 0 Å². The molecule has 4 rings (SSSR count). The molecule has 0 unspecified atom stereocenters. The van der Waals surface area contributed by atoms with Crippen molar-refractivity contribution >= 4 is 38.2 Å². The zero-order chi connectivity index (χ0) is 22.9. The number of hydrogen-bond acceptors (Lipinski definition) is 7. The van der Waals surface area contributed by atoms with Crippen molar-refractivity contribution in [3.8, 4) is 17.0 Å². The smallest absolute Gasteiger partial charge is 0.387 e. The summed E-state index contributed by atoms with van der Waals surface area (Å²) in [5.74, 6) is -0.298. The largest absolute Gasteiger partial charge is 0.434 e. The molecule has 0 saturated heterocycles. The molecule has 0 aliphatic carbocycles. The van der Waals surface area contributed by atoms with E-state index in [2.05, 4.69) is 19.4 Å². The van der Waals surface area contributed by atoms with Crippen LogP contribution in [0.1, 0.15) is 5.56 Å². The summed E-state index contributed by atoms with van der Waals surface area (Å²) in [6.45, 7) is -3.15. The van der Waals surface area contributed by atoms with Gasteiger partial charge in [-0.1, -0.05) is 24.3 Å². The van der Waals surface area contributed by atoms with Gasteiger partial charge in [-0.15, -0.1) is 15.7 Å². The number of ether oxygens (including phenoxy) is 1. The highest BCUT2D eigenvalue weighted by molar-refractivity contribution is 7.90. The van der Waals surface area contributed by atoms with Crippen LogP contribution in [0.5, 0.6) is 5.75 Å². The summed E-state index contributed by atoms with van der Waals surface area (Å²) in [7, 11) is -2.24. The van der Waals surface area contributed by atoms with Crippen molar-refractivity contribution in [1.29, 1.82) is 0 Å². The van der Waals surface area contributed by atoms with E-state index in [0.29, 0.717) is 16.8 Å². The SMILES string of the molecule is CN(CC(=O)Nc1nc(-c2ccccc2OC(F)F)cs1)C1=NS(=O)(=O)c2ccccc21. The molecule has 12 heteroatoms. The Labute approximate surface area is 186 Å². The Morgan fingerprint density at radius 3 is 2.59 bits per heavy atom. The number of para-hydroxylation sites is 1. The van der Waals surface area contributed by atoms with E-state index in [9.17, 15) is 22.0 Å². The molecule has 3 aromatic rings. The first-order valence-corrected chi connectivity index (χ1v) is 11.5. The number of sulfonamides is 1. The molecule has 1 aromatic heterocycles. The molecular weight excluding hydrogens is 462 g/mol. The van der Waals surface area contributed by atoms with Crippen molar-refractivity contribution in [2.45, 2.75) is 11.5 Å². The average molecular weight is 479 g/mol. The normalized spacial score (nSPS) is 14.1. The number of carbonyl (C=O) groups excluding carboxylic acids is 1. The number of rotatable bonds is 6. The van der Waals surface area contributed by atoms with E-state index in [1.807, 2.05) is 0 Å². The number of aromatic nitrogens is 1. The van der Waals surface area contributed by atoms with Crippen LogP contribution < -0.4 is 10.1 Å². The van der Waals surface area contributed by atoms with Crippen LogP contribution in [0.2, 0.25) is 0 Å². The Morgan fingerprint density at radius 2 is 1.84 bits per heavy atom. The first kappa shape index (κ1) is 21.8. The third-order valence-electron chi connectivity index (χ3n) is 4.48. The lowest BCUT2D eigenvalue weighted by molar-refractivity contribution is -0.116. The number of nitrogens with zero attached hydrogens (tertiary/aromatic N) is 3. The maximum Gasteiger partial charge on any atom is 0.387 e. The third kappa shape index (κ3) is 4.46. The molecule has 0 spiro atoms. The standard InChI is InChI=1S/C20H16F2N4O4S2/c1-26(18-13-7-3-5-9-16(13)32(28,29)25-18)10-17(27)24-20-23-14(11-31-20)12-6-2-4-8-15(12)30-19(21)22/h2-9,11,19H,10H2,1H3,(H,23,24,27). The van der Waals surface area contributed by atoms with Gasteiger partial charge >= 0.3 is 6.61 Å². The number of alkyl halides is 2. The molecule has 8 nitrogen and oxygen atoms in total. The zero-order valence-electron chi connectivity index (χ0n) is 16.5. The van der Waals surface area contributed by atoms with Crippen molar-refractivity contribution in [2.24, 2.45) is 4.40 Å². The van der Waals surface area contributed by atoms with Gasteiger partial charge in [-0.25, -0.2) is 4.98 Å². The van der Waals surface area contributed by atoms with Crippen LogP contribution >= 0.6 is 11.3 Å². The van der Waals surface area contributed by atoms with Gasteiger partial charge in [-0.3, -0.25) is 4.79 Å². The van der Waals surface area contributed by atoms with Crippen molar-refractivity contribution in [2.75, 3.05) is 18.9 Å². The van der Waals surface area contributed by atoms with Gasteiger partial charge in [0, 0.05) is 23.6 Å². The summed E-state index contributed by atoms with van der Waals surface area (Å²) in [6.07, 6.45) is 0. The molecule has 1 N–H and O–H groups in total. The van der Waals surface area contributed by atoms with Gasteiger partial charge in [-0.2, -0.15) is 17.2 Å². The minimum atomic E-state index is -3.80. The molecule has 0 bridgehead atoms. The number of amides is 1. The van der Waals surface area contributed by atoms with E-state index < -0.39 is 22.5 Å². The van der Waals surface area contributed by atoms with Gasteiger partial charge in [-0.05, 0) is 24.3 Å². The fraction of sp³-hybridized carbons (Fsp3) is 0.150. The lowest BCUT2D eigenvalue weighted by Crippen LogP contribution is -2.34. The summed E-state index contributed by atoms with van der Waals surface area (Å²) in [5, 5.41) is 4.49. The first-order valence-electron chi connectivity index (χ1n) is 9.20.